The van der Waals surface area contributed by atoms with Gasteiger partial charge in [0, 0.05) is 17.9 Å². The van der Waals surface area contributed by atoms with Crippen molar-refractivity contribution in [2.75, 3.05) is 7.05 Å². The van der Waals surface area contributed by atoms with Gasteiger partial charge in [0.25, 0.3) is 0 Å². The van der Waals surface area contributed by atoms with Crippen LogP contribution in [-0.2, 0) is 4.79 Å². The number of Topliss-reactive ketones (excluding diaryl/α,β-unsaturated/α-hetero) is 1. The Morgan fingerprint density at radius 1 is 1.11 bits per heavy atom. The molecule has 2 aliphatic carbocycles. The zero-order valence-corrected chi connectivity index (χ0v) is 12.8. The SMILES string of the molecule is CCC1CCC(C(=O)CC2(NC)CCCCC2)CC1. The Hall–Kier alpha value is -0.370. The highest BCUT2D eigenvalue weighted by Gasteiger charge is 2.35. The highest BCUT2D eigenvalue weighted by molar-refractivity contribution is 5.82. The minimum Gasteiger partial charge on any atom is -0.314 e. The van der Waals surface area contributed by atoms with Gasteiger partial charge in [-0.25, -0.2) is 0 Å². The van der Waals surface area contributed by atoms with Gasteiger partial charge in [-0.1, -0.05) is 32.6 Å². The molecule has 0 aliphatic heterocycles. The van der Waals surface area contributed by atoms with Crippen molar-refractivity contribution in [1.29, 1.82) is 0 Å². The summed E-state index contributed by atoms with van der Waals surface area (Å²) in [5.74, 6) is 1.80. The van der Waals surface area contributed by atoms with E-state index in [0.29, 0.717) is 11.7 Å². The van der Waals surface area contributed by atoms with Gasteiger partial charge in [-0.15, -0.1) is 0 Å². The molecule has 2 rings (SSSR count). The molecule has 0 spiro atoms. The minimum absolute atomic E-state index is 0.136. The average molecular weight is 265 g/mol. The molecule has 2 aliphatic rings. The zero-order chi connectivity index (χ0) is 13.7. The number of carbonyl (C=O) groups excluding carboxylic acids is 1. The first-order valence-electron chi connectivity index (χ1n) is 8.41. The summed E-state index contributed by atoms with van der Waals surface area (Å²) in [6, 6.07) is 0. The summed E-state index contributed by atoms with van der Waals surface area (Å²) in [5.41, 5.74) is 0.136. The van der Waals surface area contributed by atoms with E-state index in [-0.39, 0.29) is 5.54 Å². The van der Waals surface area contributed by atoms with Crippen LogP contribution < -0.4 is 5.32 Å². The number of hydrogen-bond acceptors (Lipinski definition) is 2. The largest absolute Gasteiger partial charge is 0.314 e. The second kappa shape index (κ2) is 6.88. The summed E-state index contributed by atoms with van der Waals surface area (Å²) in [6.07, 6.45) is 13.2. The topological polar surface area (TPSA) is 29.1 Å². The van der Waals surface area contributed by atoms with Gasteiger partial charge < -0.3 is 5.32 Å². The maximum absolute atomic E-state index is 12.6. The number of ketones is 1. The lowest BCUT2D eigenvalue weighted by Gasteiger charge is -2.38. The lowest BCUT2D eigenvalue weighted by molar-refractivity contribution is -0.125. The lowest BCUT2D eigenvalue weighted by Crippen LogP contribution is -2.47. The van der Waals surface area contributed by atoms with Crippen LogP contribution in [0.4, 0.5) is 0 Å². The van der Waals surface area contributed by atoms with E-state index in [0.717, 1.165) is 25.2 Å². The van der Waals surface area contributed by atoms with E-state index in [4.69, 9.17) is 0 Å². The second-order valence-electron chi connectivity index (χ2n) is 6.86. The third-order valence-electron chi connectivity index (χ3n) is 5.73. The molecule has 0 aromatic carbocycles. The van der Waals surface area contributed by atoms with Gasteiger partial charge in [0.1, 0.15) is 5.78 Å². The Bertz CT molecular complexity index is 286. The van der Waals surface area contributed by atoms with E-state index >= 15 is 0 Å². The van der Waals surface area contributed by atoms with E-state index in [2.05, 4.69) is 12.2 Å². The van der Waals surface area contributed by atoms with Crippen LogP contribution in [0.3, 0.4) is 0 Å². The van der Waals surface area contributed by atoms with E-state index in [1.807, 2.05) is 7.05 Å². The monoisotopic (exact) mass is 265 g/mol. The molecule has 0 aromatic heterocycles. The summed E-state index contributed by atoms with van der Waals surface area (Å²) >= 11 is 0. The maximum Gasteiger partial charge on any atom is 0.137 e. The molecule has 0 heterocycles. The molecule has 2 heteroatoms. The molecule has 1 N–H and O–H groups in total. The molecular formula is C17H31NO. The number of hydrogen-bond donors (Lipinski definition) is 1. The third kappa shape index (κ3) is 3.81. The molecular weight excluding hydrogens is 234 g/mol. The predicted molar refractivity (Wildman–Crippen MR) is 80.2 cm³/mol. The average Bonchev–Trinajstić information content (AvgIpc) is 2.48. The van der Waals surface area contributed by atoms with Crippen molar-refractivity contribution < 1.29 is 4.79 Å². The molecule has 0 radical (unpaired) electrons. The van der Waals surface area contributed by atoms with E-state index in [1.54, 1.807) is 0 Å². The van der Waals surface area contributed by atoms with Gasteiger partial charge in [0.15, 0.2) is 0 Å². The highest BCUT2D eigenvalue weighted by atomic mass is 16.1. The fraction of sp³-hybridized carbons (Fsp3) is 0.941. The molecule has 2 fully saturated rings. The van der Waals surface area contributed by atoms with Gasteiger partial charge in [0.05, 0.1) is 0 Å². The normalized spacial score (nSPS) is 31.1. The van der Waals surface area contributed by atoms with Gasteiger partial charge in [0.2, 0.25) is 0 Å². The van der Waals surface area contributed by atoms with Gasteiger partial charge in [-0.3, -0.25) is 4.79 Å². The molecule has 0 saturated heterocycles. The van der Waals surface area contributed by atoms with Crippen molar-refractivity contribution in [1.82, 2.24) is 5.32 Å². The summed E-state index contributed by atoms with van der Waals surface area (Å²) in [5, 5.41) is 3.49. The molecule has 2 nitrogen and oxygen atoms in total. The maximum atomic E-state index is 12.6. The second-order valence-corrected chi connectivity index (χ2v) is 6.86. The summed E-state index contributed by atoms with van der Waals surface area (Å²) in [7, 11) is 2.05. The molecule has 0 amide bonds. The smallest absolute Gasteiger partial charge is 0.137 e. The summed E-state index contributed by atoms with van der Waals surface area (Å²) < 4.78 is 0. The third-order valence-corrected chi connectivity index (χ3v) is 5.73. The Kier molecular flexibility index (Phi) is 5.44. The lowest BCUT2D eigenvalue weighted by atomic mass is 9.73. The first kappa shape index (κ1) is 15.0. The first-order chi connectivity index (χ1) is 9.19. The fourth-order valence-corrected chi connectivity index (χ4v) is 4.11. The highest BCUT2D eigenvalue weighted by Crippen LogP contribution is 2.36. The van der Waals surface area contributed by atoms with Crippen LogP contribution >= 0.6 is 0 Å². The van der Waals surface area contributed by atoms with E-state index in [1.165, 1.54) is 51.4 Å². The quantitative estimate of drug-likeness (QED) is 0.811. The van der Waals surface area contributed by atoms with Gasteiger partial charge in [-0.05, 0) is 51.5 Å². The zero-order valence-electron chi connectivity index (χ0n) is 12.8. The van der Waals surface area contributed by atoms with Crippen molar-refractivity contribution >= 4 is 5.78 Å². The van der Waals surface area contributed by atoms with Gasteiger partial charge in [-0.2, -0.15) is 0 Å². The van der Waals surface area contributed by atoms with Gasteiger partial charge >= 0.3 is 0 Å². The standard InChI is InChI=1S/C17H31NO/c1-3-14-7-9-15(10-8-14)16(19)13-17(18-2)11-5-4-6-12-17/h14-15,18H,3-13H2,1-2H3. The molecule has 0 bridgehead atoms. The van der Waals surface area contributed by atoms with Crippen LogP contribution in [0.1, 0.15) is 77.6 Å². The Labute approximate surface area is 118 Å². The summed E-state index contributed by atoms with van der Waals surface area (Å²) in [4.78, 5) is 12.6. The minimum atomic E-state index is 0.136. The number of carbonyl (C=O) groups is 1. The van der Waals surface area contributed by atoms with Crippen LogP contribution in [0.5, 0.6) is 0 Å². The fourth-order valence-electron chi connectivity index (χ4n) is 4.11. The molecule has 19 heavy (non-hydrogen) atoms. The summed E-state index contributed by atoms with van der Waals surface area (Å²) in [6.45, 7) is 2.28. The van der Waals surface area contributed by atoms with Crippen LogP contribution in [0.2, 0.25) is 0 Å². The van der Waals surface area contributed by atoms with Crippen LogP contribution in [-0.4, -0.2) is 18.4 Å². The van der Waals surface area contributed by atoms with Crippen LogP contribution in [0.15, 0.2) is 0 Å². The van der Waals surface area contributed by atoms with Crippen molar-refractivity contribution in [3.8, 4) is 0 Å². The molecule has 0 unspecified atom stereocenters. The molecule has 110 valence electrons. The van der Waals surface area contributed by atoms with Crippen molar-refractivity contribution in [2.45, 2.75) is 83.1 Å². The van der Waals surface area contributed by atoms with Crippen LogP contribution in [0.25, 0.3) is 0 Å². The van der Waals surface area contributed by atoms with E-state index in [9.17, 15) is 4.79 Å². The van der Waals surface area contributed by atoms with Crippen molar-refractivity contribution in [2.24, 2.45) is 11.8 Å². The molecule has 2 saturated carbocycles. The molecule has 0 atom stereocenters. The Morgan fingerprint density at radius 3 is 2.26 bits per heavy atom. The number of nitrogens with one attached hydrogen (secondary N) is 1. The van der Waals surface area contributed by atoms with Crippen molar-refractivity contribution in [3.63, 3.8) is 0 Å². The Morgan fingerprint density at radius 2 is 1.74 bits per heavy atom. The molecule has 0 aromatic rings. The number of rotatable bonds is 5. The van der Waals surface area contributed by atoms with Crippen molar-refractivity contribution in [3.05, 3.63) is 0 Å². The van der Waals surface area contributed by atoms with Crippen LogP contribution in [0, 0.1) is 11.8 Å². The van der Waals surface area contributed by atoms with E-state index < -0.39 is 0 Å². The predicted octanol–water partition coefficient (Wildman–Crippen LogP) is 4.08. The Balaban J connectivity index is 1.86. The first-order valence-corrected chi connectivity index (χ1v) is 8.41.